The summed E-state index contributed by atoms with van der Waals surface area (Å²) in [6.07, 6.45) is 5.99. The molecule has 1 atom stereocenters. The average Bonchev–Trinajstić information content (AvgIpc) is 2.88. The van der Waals surface area contributed by atoms with E-state index >= 15 is 0 Å². The number of nitrogens with one attached hydrogen (secondary N) is 1. The first-order valence-corrected chi connectivity index (χ1v) is 7.42. The Balaban J connectivity index is 1.89. The minimum Gasteiger partial charge on any atom is -0.380 e. The van der Waals surface area contributed by atoms with Gasteiger partial charge in [0.05, 0.1) is 11.3 Å². The van der Waals surface area contributed by atoms with Crippen LogP contribution in [0.4, 0.5) is 11.4 Å². The van der Waals surface area contributed by atoms with Crippen LogP contribution in [0.3, 0.4) is 0 Å². The number of carbonyl (C=O) groups excluding carboxylic acids is 1. The maximum atomic E-state index is 12.9. The molecule has 1 aromatic carbocycles. The van der Waals surface area contributed by atoms with Crippen LogP contribution in [-0.2, 0) is 6.42 Å². The van der Waals surface area contributed by atoms with E-state index in [1.807, 2.05) is 29.2 Å². The molecule has 112 valence electrons. The number of fused-ring (bicyclic) bond motifs is 1. The topological polar surface area (TPSA) is 45.2 Å². The molecular formula is C18H19N3O. The monoisotopic (exact) mass is 293 g/mol. The highest BCUT2D eigenvalue weighted by Crippen LogP contribution is 2.33. The lowest BCUT2D eigenvalue weighted by Gasteiger charge is -2.22. The molecule has 0 radical (unpaired) electrons. The Bertz CT molecular complexity index is 711. The summed E-state index contributed by atoms with van der Waals surface area (Å²) >= 11 is 0. The number of aromatic nitrogens is 1. The molecule has 3 rings (SSSR count). The van der Waals surface area contributed by atoms with Gasteiger partial charge in [-0.3, -0.25) is 9.78 Å². The van der Waals surface area contributed by atoms with Crippen LogP contribution in [0.5, 0.6) is 0 Å². The van der Waals surface area contributed by atoms with E-state index < -0.39 is 0 Å². The zero-order chi connectivity index (χ0) is 15.5. The average molecular weight is 293 g/mol. The standard InChI is InChI=1S/C18H19N3O/c1-3-8-20-16-10-15(11-19-12-16)18(22)21-13(2)9-14-6-4-5-7-17(14)21/h3-7,10-13,20H,1,8-9H2,2H3. The third-order valence-corrected chi connectivity index (χ3v) is 3.86. The Morgan fingerprint density at radius 2 is 2.27 bits per heavy atom. The van der Waals surface area contributed by atoms with Gasteiger partial charge in [-0.15, -0.1) is 6.58 Å². The molecule has 1 aliphatic heterocycles. The lowest BCUT2D eigenvalue weighted by molar-refractivity contribution is 0.0981. The highest BCUT2D eigenvalue weighted by molar-refractivity contribution is 6.08. The van der Waals surface area contributed by atoms with Crippen LogP contribution in [0.2, 0.25) is 0 Å². The molecule has 1 N–H and O–H groups in total. The van der Waals surface area contributed by atoms with Gasteiger partial charge in [0.15, 0.2) is 0 Å². The van der Waals surface area contributed by atoms with E-state index in [1.165, 1.54) is 5.56 Å². The Hall–Kier alpha value is -2.62. The maximum absolute atomic E-state index is 12.9. The highest BCUT2D eigenvalue weighted by Gasteiger charge is 2.31. The number of hydrogen-bond donors (Lipinski definition) is 1. The second-order valence-electron chi connectivity index (χ2n) is 5.49. The van der Waals surface area contributed by atoms with Crippen molar-refractivity contribution in [1.29, 1.82) is 0 Å². The van der Waals surface area contributed by atoms with Crippen molar-refractivity contribution in [2.75, 3.05) is 16.8 Å². The summed E-state index contributed by atoms with van der Waals surface area (Å²) in [5, 5.41) is 3.16. The Kier molecular flexibility index (Phi) is 3.92. The van der Waals surface area contributed by atoms with Crippen molar-refractivity contribution in [1.82, 2.24) is 4.98 Å². The largest absolute Gasteiger partial charge is 0.380 e. The Labute approximate surface area is 130 Å². The lowest BCUT2D eigenvalue weighted by Crippen LogP contribution is -2.35. The van der Waals surface area contributed by atoms with E-state index in [0.29, 0.717) is 12.1 Å². The van der Waals surface area contributed by atoms with Gasteiger partial charge in [0.2, 0.25) is 0 Å². The quantitative estimate of drug-likeness (QED) is 0.880. The number of amides is 1. The van der Waals surface area contributed by atoms with E-state index in [0.717, 1.165) is 17.8 Å². The van der Waals surface area contributed by atoms with Crippen molar-refractivity contribution in [2.45, 2.75) is 19.4 Å². The van der Waals surface area contributed by atoms with E-state index in [4.69, 9.17) is 0 Å². The molecule has 1 aliphatic rings. The SMILES string of the molecule is C=CCNc1cncc(C(=O)N2c3ccccc3CC2C)c1. The Morgan fingerprint density at radius 3 is 3.09 bits per heavy atom. The third-order valence-electron chi connectivity index (χ3n) is 3.86. The number of pyridine rings is 1. The van der Waals surface area contributed by atoms with Crippen LogP contribution in [-0.4, -0.2) is 23.5 Å². The molecule has 22 heavy (non-hydrogen) atoms. The zero-order valence-corrected chi connectivity index (χ0v) is 12.6. The van der Waals surface area contributed by atoms with Crippen LogP contribution >= 0.6 is 0 Å². The molecule has 0 aliphatic carbocycles. The van der Waals surface area contributed by atoms with E-state index in [2.05, 4.69) is 29.9 Å². The van der Waals surface area contributed by atoms with Crippen LogP contribution in [0.15, 0.2) is 55.4 Å². The molecule has 1 unspecified atom stereocenters. The fourth-order valence-corrected chi connectivity index (χ4v) is 2.86. The second-order valence-corrected chi connectivity index (χ2v) is 5.49. The maximum Gasteiger partial charge on any atom is 0.260 e. The number of hydrogen-bond acceptors (Lipinski definition) is 3. The predicted octanol–water partition coefficient (Wildman–Crippen LogP) is 3.27. The summed E-state index contributed by atoms with van der Waals surface area (Å²) in [6, 6.07) is 10.1. The molecule has 0 fully saturated rings. The van der Waals surface area contributed by atoms with Crippen LogP contribution in [0, 0.1) is 0 Å². The summed E-state index contributed by atoms with van der Waals surface area (Å²) in [7, 11) is 0. The minimum atomic E-state index is -0.00722. The fraction of sp³-hybridized carbons (Fsp3) is 0.222. The Morgan fingerprint density at radius 1 is 1.45 bits per heavy atom. The molecule has 4 heteroatoms. The molecule has 1 amide bonds. The summed E-state index contributed by atoms with van der Waals surface area (Å²) in [6.45, 7) is 6.39. The van der Waals surface area contributed by atoms with Crippen molar-refractivity contribution < 1.29 is 4.79 Å². The van der Waals surface area contributed by atoms with Crippen molar-refractivity contribution in [3.05, 3.63) is 66.5 Å². The third kappa shape index (κ3) is 2.60. The lowest BCUT2D eigenvalue weighted by atomic mass is 10.1. The number of rotatable bonds is 4. The number of carbonyl (C=O) groups is 1. The van der Waals surface area contributed by atoms with E-state index in [1.54, 1.807) is 18.5 Å². The molecule has 1 aromatic heterocycles. The molecule has 2 heterocycles. The first kappa shape index (κ1) is 14.3. The zero-order valence-electron chi connectivity index (χ0n) is 12.6. The summed E-state index contributed by atoms with van der Waals surface area (Å²) in [5.41, 5.74) is 3.64. The van der Waals surface area contributed by atoms with Crippen molar-refractivity contribution in [2.24, 2.45) is 0 Å². The molecule has 0 bridgehead atoms. The molecule has 0 saturated heterocycles. The summed E-state index contributed by atoms with van der Waals surface area (Å²) in [4.78, 5) is 18.9. The van der Waals surface area contributed by atoms with Crippen molar-refractivity contribution >= 4 is 17.3 Å². The van der Waals surface area contributed by atoms with Gasteiger partial charge >= 0.3 is 0 Å². The van der Waals surface area contributed by atoms with Crippen LogP contribution in [0.25, 0.3) is 0 Å². The molecular weight excluding hydrogens is 274 g/mol. The van der Waals surface area contributed by atoms with Gasteiger partial charge in [-0.2, -0.15) is 0 Å². The molecule has 0 saturated carbocycles. The molecule has 0 spiro atoms. The van der Waals surface area contributed by atoms with Gasteiger partial charge in [0, 0.05) is 30.7 Å². The van der Waals surface area contributed by atoms with Gasteiger partial charge in [-0.25, -0.2) is 0 Å². The van der Waals surface area contributed by atoms with Crippen LogP contribution in [0.1, 0.15) is 22.8 Å². The predicted molar refractivity (Wildman–Crippen MR) is 89.3 cm³/mol. The highest BCUT2D eigenvalue weighted by atomic mass is 16.2. The second kappa shape index (κ2) is 6.02. The van der Waals surface area contributed by atoms with Gasteiger partial charge in [-0.05, 0) is 31.0 Å². The number of anilines is 2. The van der Waals surface area contributed by atoms with Gasteiger partial charge in [-0.1, -0.05) is 24.3 Å². The number of nitrogens with zero attached hydrogens (tertiary/aromatic N) is 2. The van der Waals surface area contributed by atoms with E-state index in [-0.39, 0.29) is 11.9 Å². The normalized spacial score (nSPS) is 16.2. The van der Waals surface area contributed by atoms with Crippen molar-refractivity contribution in [3.63, 3.8) is 0 Å². The van der Waals surface area contributed by atoms with Crippen LogP contribution < -0.4 is 10.2 Å². The minimum absolute atomic E-state index is 0.00722. The summed E-state index contributed by atoms with van der Waals surface area (Å²) < 4.78 is 0. The molecule has 2 aromatic rings. The smallest absolute Gasteiger partial charge is 0.260 e. The first-order valence-electron chi connectivity index (χ1n) is 7.42. The van der Waals surface area contributed by atoms with E-state index in [9.17, 15) is 4.79 Å². The fourth-order valence-electron chi connectivity index (χ4n) is 2.86. The number of para-hydroxylation sites is 1. The first-order chi connectivity index (χ1) is 10.7. The van der Waals surface area contributed by atoms with Gasteiger partial charge in [0.1, 0.15) is 0 Å². The van der Waals surface area contributed by atoms with Crippen molar-refractivity contribution in [3.8, 4) is 0 Å². The number of benzene rings is 1. The van der Waals surface area contributed by atoms with Gasteiger partial charge in [0.25, 0.3) is 5.91 Å². The summed E-state index contributed by atoms with van der Waals surface area (Å²) in [5.74, 6) is -0.00722. The van der Waals surface area contributed by atoms with Gasteiger partial charge < -0.3 is 10.2 Å². The molecule has 4 nitrogen and oxygen atoms in total.